The van der Waals surface area contributed by atoms with Crippen molar-refractivity contribution >= 4 is 6.29 Å². The van der Waals surface area contributed by atoms with Gasteiger partial charge in [-0.15, -0.1) is 0 Å². The number of fused-ring (bicyclic) bond motifs is 1. The number of carbonyl (C=O) groups is 1. The van der Waals surface area contributed by atoms with Gasteiger partial charge in [-0.1, -0.05) is 60.7 Å². The lowest BCUT2D eigenvalue weighted by Crippen LogP contribution is -2.50. The fraction of sp³-hybridized carbons (Fsp3) is 0.435. The van der Waals surface area contributed by atoms with E-state index in [0.717, 1.165) is 52.1 Å². The van der Waals surface area contributed by atoms with Crippen molar-refractivity contribution in [3.05, 3.63) is 71.8 Å². The molecule has 2 aliphatic rings. The molecule has 2 aromatic carbocycles. The molecule has 0 N–H and O–H groups in total. The van der Waals surface area contributed by atoms with E-state index < -0.39 is 0 Å². The summed E-state index contributed by atoms with van der Waals surface area (Å²) in [6, 6.07) is 21.3. The van der Waals surface area contributed by atoms with Gasteiger partial charge in [-0.2, -0.15) is 0 Å². The van der Waals surface area contributed by atoms with E-state index in [9.17, 15) is 4.79 Å². The largest absolute Gasteiger partial charge is 0.303 e. The van der Waals surface area contributed by atoms with Gasteiger partial charge < -0.3 is 9.69 Å². The van der Waals surface area contributed by atoms with Crippen molar-refractivity contribution in [2.45, 2.75) is 19.4 Å². The van der Waals surface area contributed by atoms with Crippen LogP contribution in [0.25, 0.3) is 0 Å². The molecule has 0 radical (unpaired) electrons. The van der Waals surface area contributed by atoms with Crippen molar-refractivity contribution in [2.24, 2.45) is 11.3 Å². The SMILES string of the molecule is O=CC12CN(CCc3ccccc3)CCC1CN(Cc1ccccc1)C2. The van der Waals surface area contributed by atoms with Crippen LogP contribution in [0.4, 0.5) is 0 Å². The van der Waals surface area contributed by atoms with Gasteiger partial charge in [0.2, 0.25) is 0 Å². The molecule has 0 bridgehead atoms. The molecule has 0 aliphatic carbocycles. The molecule has 3 heteroatoms. The lowest BCUT2D eigenvalue weighted by Gasteiger charge is -2.40. The van der Waals surface area contributed by atoms with Gasteiger partial charge in [0.15, 0.2) is 0 Å². The minimum absolute atomic E-state index is 0.177. The number of benzene rings is 2. The van der Waals surface area contributed by atoms with Crippen molar-refractivity contribution in [1.29, 1.82) is 0 Å². The highest BCUT2D eigenvalue weighted by Gasteiger charge is 2.49. The van der Waals surface area contributed by atoms with Crippen LogP contribution >= 0.6 is 0 Å². The van der Waals surface area contributed by atoms with Crippen LogP contribution in [-0.2, 0) is 17.8 Å². The van der Waals surface area contributed by atoms with E-state index in [4.69, 9.17) is 0 Å². The van der Waals surface area contributed by atoms with Crippen LogP contribution in [0.5, 0.6) is 0 Å². The average molecular weight is 348 g/mol. The van der Waals surface area contributed by atoms with Crippen molar-refractivity contribution < 1.29 is 4.79 Å². The molecule has 2 atom stereocenters. The first kappa shape index (κ1) is 17.4. The number of piperidine rings is 1. The number of hydrogen-bond acceptors (Lipinski definition) is 3. The van der Waals surface area contributed by atoms with Gasteiger partial charge in [0, 0.05) is 32.7 Å². The van der Waals surface area contributed by atoms with Crippen molar-refractivity contribution in [2.75, 3.05) is 32.7 Å². The Hall–Kier alpha value is -1.97. The minimum Gasteiger partial charge on any atom is -0.303 e. The maximum Gasteiger partial charge on any atom is 0.129 e. The van der Waals surface area contributed by atoms with Gasteiger partial charge in [0.25, 0.3) is 0 Å². The normalized spacial score (nSPS) is 26.5. The van der Waals surface area contributed by atoms with Gasteiger partial charge in [-0.05, 0) is 36.4 Å². The molecule has 2 aliphatic heterocycles. The lowest BCUT2D eigenvalue weighted by atomic mass is 9.74. The first-order chi connectivity index (χ1) is 12.8. The van der Waals surface area contributed by atoms with Crippen LogP contribution in [-0.4, -0.2) is 48.8 Å². The maximum atomic E-state index is 12.1. The van der Waals surface area contributed by atoms with Crippen LogP contribution in [0.2, 0.25) is 0 Å². The summed E-state index contributed by atoms with van der Waals surface area (Å²) >= 11 is 0. The molecule has 2 heterocycles. The summed E-state index contributed by atoms with van der Waals surface area (Å²) in [6.07, 6.45) is 3.48. The molecule has 2 aromatic rings. The summed E-state index contributed by atoms with van der Waals surface area (Å²) in [7, 11) is 0. The molecule has 3 nitrogen and oxygen atoms in total. The van der Waals surface area contributed by atoms with Crippen LogP contribution < -0.4 is 0 Å². The van der Waals surface area contributed by atoms with E-state index in [-0.39, 0.29) is 5.41 Å². The number of rotatable bonds is 6. The Morgan fingerprint density at radius 2 is 1.58 bits per heavy atom. The zero-order valence-electron chi connectivity index (χ0n) is 15.4. The molecular weight excluding hydrogens is 320 g/mol. The Kier molecular flexibility index (Phi) is 5.18. The summed E-state index contributed by atoms with van der Waals surface area (Å²) in [5, 5.41) is 0. The van der Waals surface area contributed by atoms with E-state index in [1.165, 1.54) is 17.4 Å². The topological polar surface area (TPSA) is 23.6 Å². The second kappa shape index (κ2) is 7.73. The molecule has 2 unspecified atom stereocenters. The van der Waals surface area contributed by atoms with E-state index in [2.05, 4.69) is 70.5 Å². The summed E-state index contributed by atoms with van der Waals surface area (Å²) in [6.45, 7) is 5.99. The fourth-order valence-corrected chi connectivity index (χ4v) is 4.75. The Balaban J connectivity index is 1.38. The molecule has 0 saturated carbocycles. The van der Waals surface area contributed by atoms with Gasteiger partial charge >= 0.3 is 0 Å². The average Bonchev–Trinajstić information content (AvgIpc) is 3.05. The second-order valence-corrected chi connectivity index (χ2v) is 8.00. The number of carbonyl (C=O) groups excluding carboxylic acids is 1. The first-order valence-corrected chi connectivity index (χ1v) is 9.76. The smallest absolute Gasteiger partial charge is 0.129 e. The molecule has 0 aromatic heterocycles. The fourth-order valence-electron chi connectivity index (χ4n) is 4.75. The zero-order chi connectivity index (χ0) is 17.8. The molecular formula is C23H28N2O. The lowest BCUT2D eigenvalue weighted by molar-refractivity contribution is -0.120. The van der Waals surface area contributed by atoms with Crippen molar-refractivity contribution in [3.8, 4) is 0 Å². The minimum atomic E-state index is -0.177. The predicted octanol–water partition coefficient (Wildman–Crippen LogP) is 3.25. The maximum absolute atomic E-state index is 12.1. The number of aldehydes is 1. The molecule has 136 valence electrons. The monoisotopic (exact) mass is 348 g/mol. The zero-order valence-corrected chi connectivity index (χ0v) is 15.4. The Morgan fingerprint density at radius 3 is 2.27 bits per heavy atom. The second-order valence-electron chi connectivity index (χ2n) is 8.00. The van der Waals surface area contributed by atoms with Gasteiger partial charge in [-0.25, -0.2) is 0 Å². The summed E-state index contributed by atoms with van der Waals surface area (Å²) in [5.74, 6) is 0.511. The number of hydrogen-bond donors (Lipinski definition) is 0. The van der Waals surface area contributed by atoms with Crippen LogP contribution in [0.3, 0.4) is 0 Å². The van der Waals surface area contributed by atoms with E-state index in [0.29, 0.717) is 5.92 Å². The van der Waals surface area contributed by atoms with Crippen LogP contribution in [0.1, 0.15) is 17.5 Å². The predicted molar refractivity (Wildman–Crippen MR) is 105 cm³/mol. The summed E-state index contributed by atoms with van der Waals surface area (Å²) in [4.78, 5) is 17.1. The molecule has 4 rings (SSSR count). The standard InChI is InChI=1S/C23H28N2O/c26-19-23-17-24(13-11-20-7-3-1-4-8-20)14-12-22(23)16-25(18-23)15-21-9-5-2-6-10-21/h1-10,19,22H,11-18H2. The highest BCUT2D eigenvalue weighted by Crippen LogP contribution is 2.41. The molecule has 2 saturated heterocycles. The first-order valence-electron chi connectivity index (χ1n) is 9.76. The van der Waals surface area contributed by atoms with Crippen molar-refractivity contribution in [1.82, 2.24) is 9.80 Å². The third-order valence-corrected chi connectivity index (χ3v) is 6.16. The molecule has 0 spiro atoms. The van der Waals surface area contributed by atoms with Crippen LogP contribution in [0.15, 0.2) is 60.7 Å². The van der Waals surface area contributed by atoms with Crippen molar-refractivity contribution in [3.63, 3.8) is 0 Å². The van der Waals surface area contributed by atoms with E-state index in [1.807, 2.05) is 0 Å². The Bertz CT molecular complexity index is 718. The molecule has 26 heavy (non-hydrogen) atoms. The van der Waals surface area contributed by atoms with Gasteiger partial charge in [0.1, 0.15) is 6.29 Å². The quantitative estimate of drug-likeness (QED) is 0.749. The summed E-state index contributed by atoms with van der Waals surface area (Å²) < 4.78 is 0. The Morgan fingerprint density at radius 1 is 0.923 bits per heavy atom. The number of nitrogens with zero attached hydrogens (tertiary/aromatic N) is 2. The summed E-state index contributed by atoms with van der Waals surface area (Å²) in [5.41, 5.74) is 2.55. The highest BCUT2D eigenvalue weighted by atomic mass is 16.1. The van der Waals surface area contributed by atoms with E-state index in [1.54, 1.807) is 0 Å². The van der Waals surface area contributed by atoms with Crippen LogP contribution in [0, 0.1) is 11.3 Å². The van der Waals surface area contributed by atoms with Gasteiger partial charge in [0.05, 0.1) is 5.41 Å². The third-order valence-electron chi connectivity index (χ3n) is 6.16. The highest BCUT2D eigenvalue weighted by molar-refractivity contribution is 5.62. The van der Waals surface area contributed by atoms with E-state index >= 15 is 0 Å². The van der Waals surface area contributed by atoms with Gasteiger partial charge in [-0.3, -0.25) is 4.90 Å². The molecule has 0 amide bonds. The third kappa shape index (κ3) is 3.74. The Labute approximate surface area is 156 Å². The molecule has 2 fully saturated rings. The number of likely N-dealkylation sites (tertiary alicyclic amines) is 2.